The van der Waals surface area contributed by atoms with Crippen LogP contribution in [-0.4, -0.2) is 46.7 Å². The molecule has 1 saturated heterocycles. The first kappa shape index (κ1) is 21.7. The third-order valence-electron chi connectivity index (χ3n) is 4.62. The molecule has 8 heteroatoms. The van der Waals surface area contributed by atoms with Crippen molar-refractivity contribution in [3.63, 3.8) is 0 Å². The van der Waals surface area contributed by atoms with Gasteiger partial charge in [-0.2, -0.15) is 0 Å². The van der Waals surface area contributed by atoms with Crippen LogP contribution in [-0.2, 0) is 18.8 Å². The molecule has 1 fully saturated rings. The minimum absolute atomic E-state index is 0.0100. The van der Waals surface area contributed by atoms with Crippen LogP contribution in [0, 0.1) is 0 Å². The highest BCUT2D eigenvalue weighted by atomic mass is 32.2. The van der Waals surface area contributed by atoms with Gasteiger partial charge in [-0.15, -0.1) is 0 Å². The van der Waals surface area contributed by atoms with Crippen molar-refractivity contribution in [1.82, 2.24) is 4.98 Å². The van der Waals surface area contributed by atoms with Crippen molar-refractivity contribution in [2.75, 3.05) is 12.4 Å². The van der Waals surface area contributed by atoms with Gasteiger partial charge < -0.3 is 14.0 Å². The summed E-state index contributed by atoms with van der Waals surface area (Å²) >= 11 is 1.19. The van der Waals surface area contributed by atoms with Gasteiger partial charge in [-0.05, 0) is 51.7 Å². The Bertz CT molecular complexity index is 731. The minimum atomic E-state index is -0.576. The summed E-state index contributed by atoms with van der Waals surface area (Å²) in [6.07, 6.45) is 4.97. The molecule has 1 aromatic rings. The standard InChI is InChI=1S/C19H26BNO5S/c1-7-24-17(23)15-8-14(10-21-11-15)9-16(12-27-13(2)22)20-25-18(3,4)19(5,6)26-20/h8-11H,7,12H2,1-6H3. The first-order valence-corrected chi connectivity index (χ1v) is 9.86. The lowest BCUT2D eigenvalue weighted by Gasteiger charge is -2.32. The zero-order valence-corrected chi connectivity index (χ0v) is 17.5. The Morgan fingerprint density at radius 1 is 1.22 bits per heavy atom. The van der Waals surface area contributed by atoms with E-state index in [1.54, 1.807) is 19.2 Å². The summed E-state index contributed by atoms with van der Waals surface area (Å²) in [5, 5.41) is 0.0100. The molecule has 2 rings (SSSR count). The van der Waals surface area contributed by atoms with Gasteiger partial charge in [-0.3, -0.25) is 9.78 Å². The molecule has 1 aliphatic heterocycles. The van der Waals surface area contributed by atoms with Crippen molar-refractivity contribution < 1.29 is 23.6 Å². The van der Waals surface area contributed by atoms with Crippen molar-refractivity contribution in [1.29, 1.82) is 0 Å². The van der Waals surface area contributed by atoms with Gasteiger partial charge in [0.05, 0.1) is 23.4 Å². The second kappa shape index (κ2) is 8.58. The molecule has 0 N–H and O–H groups in total. The van der Waals surface area contributed by atoms with E-state index < -0.39 is 24.3 Å². The van der Waals surface area contributed by atoms with Crippen molar-refractivity contribution in [3.8, 4) is 0 Å². The number of aromatic nitrogens is 1. The second-order valence-corrected chi connectivity index (χ2v) is 8.47. The van der Waals surface area contributed by atoms with E-state index in [2.05, 4.69) is 4.98 Å². The van der Waals surface area contributed by atoms with Gasteiger partial charge >= 0.3 is 13.1 Å². The molecule has 0 bridgehead atoms. The number of ether oxygens (including phenoxy) is 1. The quantitative estimate of drug-likeness (QED) is 0.542. The molecule has 0 spiro atoms. The van der Waals surface area contributed by atoms with Crippen LogP contribution in [0.15, 0.2) is 23.9 Å². The number of carbonyl (C=O) groups excluding carboxylic acids is 2. The Morgan fingerprint density at radius 2 is 1.85 bits per heavy atom. The van der Waals surface area contributed by atoms with E-state index in [4.69, 9.17) is 14.0 Å². The molecule has 146 valence electrons. The van der Waals surface area contributed by atoms with Gasteiger partial charge in [0.25, 0.3) is 0 Å². The third kappa shape index (κ3) is 5.43. The Balaban J connectivity index is 2.33. The first-order valence-electron chi connectivity index (χ1n) is 8.87. The smallest absolute Gasteiger partial charge is 0.462 e. The molecular formula is C19H26BNO5S. The largest absolute Gasteiger partial charge is 0.491 e. The Hall–Kier alpha value is -1.64. The van der Waals surface area contributed by atoms with Gasteiger partial charge in [0.15, 0.2) is 5.12 Å². The van der Waals surface area contributed by atoms with Gasteiger partial charge in [0.2, 0.25) is 0 Å². The van der Waals surface area contributed by atoms with E-state index in [0.717, 1.165) is 11.0 Å². The van der Waals surface area contributed by atoms with E-state index >= 15 is 0 Å². The number of carbonyl (C=O) groups is 2. The van der Waals surface area contributed by atoms with Crippen molar-refractivity contribution in [3.05, 3.63) is 35.1 Å². The maximum Gasteiger partial charge on any atom is 0.491 e. The number of pyridine rings is 1. The molecule has 0 aliphatic carbocycles. The summed E-state index contributed by atoms with van der Waals surface area (Å²) in [5.74, 6) is 0.00559. The number of hydrogen-bond donors (Lipinski definition) is 0. The number of hydrogen-bond acceptors (Lipinski definition) is 7. The van der Waals surface area contributed by atoms with Crippen LogP contribution in [0.2, 0.25) is 0 Å². The molecule has 0 unspecified atom stereocenters. The molecule has 1 aliphatic rings. The number of esters is 1. The maximum atomic E-state index is 11.9. The van der Waals surface area contributed by atoms with E-state index in [1.165, 1.54) is 24.9 Å². The number of rotatable bonds is 6. The number of thioether (sulfide) groups is 1. The van der Waals surface area contributed by atoms with Crippen LogP contribution in [0.4, 0.5) is 0 Å². The second-order valence-electron chi connectivity index (χ2n) is 7.32. The first-order chi connectivity index (χ1) is 12.6. The van der Waals surface area contributed by atoms with Crippen LogP contribution >= 0.6 is 11.8 Å². The SMILES string of the molecule is CCOC(=O)c1cncc(C=C(CSC(C)=O)B2OC(C)(C)C(C)(C)O2)c1. The van der Waals surface area contributed by atoms with Crippen LogP contribution in [0.1, 0.15) is 57.5 Å². The lowest BCUT2D eigenvalue weighted by molar-refractivity contribution is -0.109. The van der Waals surface area contributed by atoms with Crippen LogP contribution in [0.25, 0.3) is 6.08 Å². The van der Waals surface area contributed by atoms with Crippen molar-refractivity contribution in [2.45, 2.75) is 52.7 Å². The molecular weight excluding hydrogens is 365 g/mol. The van der Waals surface area contributed by atoms with E-state index in [0.29, 0.717) is 17.9 Å². The molecule has 27 heavy (non-hydrogen) atoms. The molecule has 6 nitrogen and oxygen atoms in total. The van der Waals surface area contributed by atoms with Crippen LogP contribution in [0.5, 0.6) is 0 Å². The zero-order chi connectivity index (χ0) is 20.2. The summed E-state index contributed by atoms with van der Waals surface area (Å²) in [6.45, 7) is 11.5. The monoisotopic (exact) mass is 391 g/mol. The van der Waals surface area contributed by atoms with Crippen molar-refractivity contribution in [2.24, 2.45) is 0 Å². The third-order valence-corrected chi connectivity index (χ3v) is 5.50. The Morgan fingerprint density at radius 3 is 2.41 bits per heavy atom. The van der Waals surface area contributed by atoms with Gasteiger partial charge in [-0.1, -0.05) is 17.8 Å². The minimum Gasteiger partial charge on any atom is -0.462 e. The predicted octanol–water partition coefficient (Wildman–Crippen LogP) is 3.55. The highest BCUT2D eigenvalue weighted by Crippen LogP contribution is 2.39. The summed E-state index contributed by atoms with van der Waals surface area (Å²) in [5.41, 5.74) is 0.926. The fourth-order valence-corrected chi connectivity index (χ4v) is 3.02. The fraction of sp³-hybridized carbons (Fsp3) is 0.526. The Labute approximate surface area is 165 Å². The average Bonchev–Trinajstić information content (AvgIpc) is 2.79. The maximum absolute atomic E-state index is 11.9. The van der Waals surface area contributed by atoms with Crippen LogP contribution < -0.4 is 0 Å². The molecule has 2 heterocycles. The summed E-state index contributed by atoms with van der Waals surface area (Å²) < 4.78 is 17.3. The topological polar surface area (TPSA) is 74.7 Å². The molecule has 1 aromatic heterocycles. The van der Waals surface area contributed by atoms with E-state index in [1.807, 2.05) is 33.8 Å². The molecule has 0 amide bonds. The lowest BCUT2D eigenvalue weighted by atomic mass is 9.78. The number of nitrogens with zero attached hydrogens (tertiary/aromatic N) is 1. The van der Waals surface area contributed by atoms with E-state index in [9.17, 15) is 9.59 Å². The molecule has 0 aromatic carbocycles. The summed E-state index contributed by atoms with van der Waals surface area (Å²) in [6, 6.07) is 1.70. The zero-order valence-electron chi connectivity index (χ0n) is 16.7. The molecule has 0 saturated carbocycles. The normalized spacial score (nSPS) is 18.4. The highest BCUT2D eigenvalue weighted by molar-refractivity contribution is 8.13. The molecule has 0 atom stereocenters. The lowest BCUT2D eigenvalue weighted by Crippen LogP contribution is -2.41. The summed E-state index contributed by atoms with van der Waals surface area (Å²) in [4.78, 5) is 27.5. The van der Waals surface area contributed by atoms with Gasteiger partial charge in [0, 0.05) is 25.1 Å². The average molecular weight is 391 g/mol. The van der Waals surface area contributed by atoms with Crippen molar-refractivity contribution >= 4 is 36.0 Å². The Kier molecular flexibility index (Phi) is 6.89. The van der Waals surface area contributed by atoms with E-state index in [-0.39, 0.29) is 5.12 Å². The molecule has 0 radical (unpaired) electrons. The predicted molar refractivity (Wildman–Crippen MR) is 107 cm³/mol. The highest BCUT2D eigenvalue weighted by Gasteiger charge is 2.52. The van der Waals surface area contributed by atoms with Gasteiger partial charge in [0.1, 0.15) is 0 Å². The summed E-state index contributed by atoms with van der Waals surface area (Å²) in [7, 11) is -0.576. The van der Waals surface area contributed by atoms with Crippen LogP contribution in [0.3, 0.4) is 0 Å². The fourth-order valence-electron chi connectivity index (χ4n) is 2.43. The van der Waals surface area contributed by atoms with Gasteiger partial charge in [-0.25, -0.2) is 4.79 Å².